The first-order valence-electron chi connectivity index (χ1n) is 7.04. The van der Waals surface area contributed by atoms with Gasteiger partial charge >= 0.3 is 0 Å². The Labute approximate surface area is 124 Å². The van der Waals surface area contributed by atoms with Crippen molar-refractivity contribution in [2.75, 3.05) is 13.7 Å². The number of nitrogens with one attached hydrogen (secondary N) is 1. The largest absolute Gasteiger partial charge is 0.380 e. The molecule has 1 fully saturated rings. The number of hydrogen-bond donors (Lipinski definition) is 1. The van der Waals surface area contributed by atoms with Crippen molar-refractivity contribution in [1.29, 1.82) is 0 Å². The number of benzene rings is 1. The Morgan fingerprint density at radius 2 is 2.25 bits per heavy atom. The van der Waals surface area contributed by atoms with E-state index in [4.69, 9.17) is 21.3 Å². The number of fused-ring (bicyclic) bond motifs is 1. The van der Waals surface area contributed by atoms with E-state index in [0.717, 1.165) is 34.8 Å². The van der Waals surface area contributed by atoms with E-state index >= 15 is 0 Å². The van der Waals surface area contributed by atoms with Crippen molar-refractivity contribution < 1.29 is 4.74 Å². The van der Waals surface area contributed by atoms with E-state index in [0.29, 0.717) is 6.04 Å². The van der Waals surface area contributed by atoms with Crippen molar-refractivity contribution in [2.45, 2.75) is 38.5 Å². The highest BCUT2D eigenvalue weighted by Gasteiger charge is 2.30. The van der Waals surface area contributed by atoms with E-state index in [1.165, 1.54) is 0 Å². The van der Waals surface area contributed by atoms with Crippen LogP contribution in [0.5, 0.6) is 0 Å². The maximum Gasteiger partial charge on any atom is 0.127 e. The predicted molar refractivity (Wildman–Crippen MR) is 81.3 cm³/mol. The monoisotopic (exact) mass is 293 g/mol. The number of ether oxygens (including phenoxy) is 1. The van der Waals surface area contributed by atoms with Gasteiger partial charge in [-0.15, -0.1) is 0 Å². The SMILES string of the molecule is COC1CNC(c2nc3cccc(Cl)c3n2C(C)C)C1. The zero-order valence-corrected chi connectivity index (χ0v) is 12.8. The van der Waals surface area contributed by atoms with Crippen molar-refractivity contribution >= 4 is 22.6 Å². The maximum atomic E-state index is 6.38. The zero-order chi connectivity index (χ0) is 14.3. The fraction of sp³-hybridized carbons (Fsp3) is 0.533. The highest BCUT2D eigenvalue weighted by Crippen LogP contribution is 2.33. The number of aromatic nitrogens is 2. The maximum absolute atomic E-state index is 6.38. The molecule has 3 rings (SSSR count). The molecule has 0 radical (unpaired) electrons. The number of para-hydroxylation sites is 1. The molecule has 0 aliphatic carbocycles. The minimum Gasteiger partial charge on any atom is -0.380 e. The second-order valence-electron chi connectivity index (χ2n) is 5.60. The lowest BCUT2D eigenvalue weighted by Gasteiger charge is -2.17. The summed E-state index contributed by atoms with van der Waals surface area (Å²) in [6.45, 7) is 5.20. The molecule has 1 aromatic carbocycles. The standard InChI is InChI=1S/C15H20ClN3O/c1-9(2)19-14-11(16)5-4-6-12(14)18-15(19)13-7-10(20-3)8-17-13/h4-6,9-10,13,17H,7-8H2,1-3H3. The van der Waals surface area contributed by atoms with E-state index in [1.54, 1.807) is 7.11 Å². The summed E-state index contributed by atoms with van der Waals surface area (Å²) in [6, 6.07) is 6.44. The Bertz CT molecular complexity index is 623. The molecule has 1 saturated heterocycles. The third kappa shape index (κ3) is 2.22. The van der Waals surface area contributed by atoms with Crippen LogP contribution in [0.3, 0.4) is 0 Å². The van der Waals surface area contributed by atoms with E-state index in [-0.39, 0.29) is 12.1 Å². The number of methoxy groups -OCH3 is 1. The molecular formula is C15H20ClN3O. The van der Waals surface area contributed by atoms with Crippen molar-refractivity contribution in [3.63, 3.8) is 0 Å². The van der Waals surface area contributed by atoms with E-state index in [9.17, 15) is 0 Å². The topological polar surface area (TPSA) is 39.1 Å². The molecule has 1 aliphatic rings. The smallest absolute Gasteiger partial charge is 0.127 e. The Balaban J connectivity index is 2.11. The molecule has 2 atom stereocenters. The van der Waals surface area contributed by atoms with Crippen molar-refractivity contribution in [3.8, 4) is 0 Å². The molecule has 0 spiro atoms. The summed E-state index contributed by atoms with van der Waals surface area (Å²) in [5, 5.41) is 4.26. The van der Waals surface area contributed by atoms with Crippen LogP contribution in [0.15, 0.2) is 18.2 Å². The first-order valence-corrected chi connectivity index (χ1v) is 7.42. The normalized spacial score (nSPS) is 23.1. The molecule has 0 saturated carbocycles. The Kier molecular flexibility index (Phi) is 3.71. The molecule has 2 unspecified atom stereocenters. The minimum atomic E-state index is 0.228. The highest BCUT2D eigenvalue weighted by molar-refractivity contribution is 6.35. The first kappa shape index (κ1) is 13.9. The Hall–Kier alpha value is -1.10. The average molecular weight is 294 g/mol. The number of rotatable bonds is 3. The lowest BCUT2D eigenvalue weighted by atomic mass is 10.2. The van der Waals surface area contributed by atoms with E-state index in [2.05, 4.69) is 23.7 Å². The van der Waals surface area contributed by atoms with Gasteiger partial charge in [0.25, 0.3) is 0 Å². The van der Waals surface area contributed by atoms with Gasteiger partial charge in [-0.05, 0) is 32.4 Å². The van der Waals surface area contributed by atoms with Crippen LogP contribution in [0.4, 0.5) is 0 Å². The third-order valence-electron chi connectivity index (χ3n) is 3.94. The summed E-state index contributed by atoms with van der Waals surface area (Å²) in [6.07, 6.45) is 1.21. The molecule has 0 amide bonds. The number of hydrogen-bond acceptors (Lipinski definition) is 3. The summed E-state index contributed by atoms with van der Waals surface area (Å²) < 4.78 is 7.68. The van der Waals surface area contributed by atoms with Crippen LogP contribution in [-0.4, -0.2) is 29.3 Å². The van der Waals surface area contributed by atoms with Crippen LogP contribution in [0, 0.1) is 0 Å². The third-order valence-corrected chi connectivity index (χ3v) is 4.25. The molecule has 2 heterocycles. The molecular weight excluding hydrogens is 274 g/mol. The van der Waals surface area contributed by atoms with Crippen LogP contribution >= 0.6 is 11.6 Å². The van der Waals surface area contributed by atoms with Gasteiger partial charge < -0.3 is 14.6 Å². The van der Waals surface area contributed by atoms with Gasteiger partial charge in [-0.3, -0.25) is 0 Å². The van der Waals surface area contributed by atoms with Crippen LogP contribution in [-0.2, 0) is 4.74 Å². The molecule has 108 valence electrons. The Morgan fingerprint density at radius 1 is 1.45 bits per heavy atom. The van der Waals surface area contributed by atoms with Crippen molar-refractivity contribution in [1.82, 2.24) is 14.9 Å². The summed E-state index contributed by atoms with van der Waals surface area (Å²) in [5.74, 6) is 1.06. The number of imidazole rings is 1. The number of nitrogens with zero attached hydrogens (tertiary/aromatic N) is 2. The van der Waals surface area contributed by atoms with Gasteiger partial charge in [0.15, 0.2) is 0 Å². The van der Waals surface area contributed by atoms with E-state index < -0.39 is 0 Å². The van der Waals surface area contributed by atoms with Crippen molar-refractivity contribution in [2.24, 2.45) is 0 Å². The molecule has 5 heteroatoms. The van der Waals surface area contributed by atoms with Gasteiger partial charge in [-0.2, -0.15) is 0 Å². The summed E-state index contributed by atoms with van der Waals surface area (Å²) in [5.41, 5.74) is 1.99. The first-order chi connectivity index (χ1) is 9.61. The summed E-state index contributed by atoms with van der Waals surface area (Å²) in [7, 11) is 1.76. The highest BCUT2D eigenvalue weighted by atomic mass is 35.5. The van der Waals surface area contributed by atoms with Gasteiger partial charge in [-0.1, -0.05) is 17.7 Å². The second-order valence-corrected chi connectivity index (χ2v) is 6.00. The molecule has 1 N–H and O–H groups in total. The van der Waals surface area contributed by atoms with Crippen LogP contribution < -0.4 is 5.32 Å². The molecule has 1 aliphatic heterocycles. The lowest BCUT2D eigenvalue weighted by molar-refractivity contribution is 0.117. The summed E-state index contributed by atoms with van der Waals surface area (Å²) in [4.78, 5) is 4.81. The fourth-order valence-electron chi connectivity index (χ4n) is 2.97. The average Bonchev–Trinajstić information content (AvgIpc) is 3.02. The number of halogens is 1. The zero-order valence-electron chi connectivity index (χ0n) is 12.1. The molecule has 1 aromatic heterocycles. The fourth-order valence-corrected chi connectivity index (χ4v) is 3.23. The molecule has 0 bridgehead atoms. The Morgan fingerprint density at radius 3 is 2.90 bits per heavy atom. The van der Waals surface area contributed by atoms with Gasteiger partial charge in [-0.25, -0.2) is 4.98 Å². The van der Waals surface area contributed by atoms with Crippen LogP contribution in [0.1, 0.15) is 38.2 Å². The minimum absolute atomic E-state index is 0.228. The van der Waals surface area contributed by atoms with Gasteiger partial charge in [0, 0.05) is 19.7 Å². The molecule has 4 nitrogen and oxygen atoms in total. The van der Waals surface area contributed by atoms with E-state index in [1.807, 2.05) is 18.2 Å². The quantitative estimate of drug-likeness (QED) is 0.943. The van der Waals surface area contributed by atoms with Gasteiger partial charge in [0.2, 0.25) is 0 Å². The summed E-state index contributed by atoms with van der Waals surface area (Å²) >= 11 is 6.38. The van der Waals surface area contributed by atoms with Crippen molar-refractivity contribution in [3.05, 3.63) is 29.0 Å². The predicted octanol–water partition coefficient (Wildman–Crippen LogP) is 3.32. The second kappa shape index (κ2) is 5.35. The molecule has 20 heavy (non-hydrogen) atoms. The lowest BCUT2D eigenvalue weighted by Crippen LogP contribution is -2.19. The van der Waals surface area contributed by atoms with Crippen LogP contribution in [0.2, 0.25) is 5.02 Å². The van der Waals surface area contributed by atoms with Gasteiger partial charge in [0.05, 0.1) is 28.2 Å². The van der Waals surface area contributed by atoms with Crippen LogP contribution in [0.25, 0.3) is 11.0 Å². The molecule has 2 aromatic rings. The van der Waals surface area contributed by atoms with Gasteiger partial charge in [0.1, 0.15) is 5.82 Å².